The van der Waals surface area contributed by atoms with E-state index in [4.69, 9.17) is 0 Å². The predicted octanol–water partition coefficient (Wildman–Crippen LogP) is -0.186. The van der Waals surface area contributed by atoms with Crippen LogP contribution in [0.25, 0.3) is 0 Å². The van der Waals surface area contributed by atoms with Gasteiger partial charge in [0.2, 0.25) is 15.9 Å². The van der Waals surface area contributed by atoms with Crippen LogP contribution in [0.5, 0.6) is 0 Å². The van der Waals surface area contributed by atoms with Crippen molar-refractivity contribution in [2.24, 2.45) is 5.92 Å². The predicted molar refractivity (Wildman–Crippen MR) is 40.3 cm³/mol. The van der Waals surface area contributed by atoms with Gasteiger partial charge in [-0.15, -0.1) is 0 Å². The lowest BCUT2D eigenvalue weighted by Gasteiger charge is -2.13. The normalized spacial score (nSPS) is 18.0. The van der Waals surface area contributed by atoms with Crippen LogP contribution < -0.4 is 0 Å². The maximum atomic E-state index is 11.1. The number of nitrogens with zero attached hydrogens (tertiary/aromatic N) is 1. The highest BCUT2D eigenvalue weighted by atomic mass is 32.2. The van der Waals surface area contributed by atoms with Crippen molar-refractivity contribution >= 4 is 15.9 Å². The number of sulfonamides is 1. The van der Waals surface area contributed by atoms with Crippen LogP contribution in [0.15, 0.2) is 0 Å². The van der Waals surface area contributed by atoms with Crippen molar-refractivity contribution in [3.8, 4) is 0 Å². The summed E-state index contributed by atoms with van der Waals surface area (Å²) in [6.07, 6.45) is 2.70. The SMILES string of the molecule is CN(C(=O)C1CC1)S(C)(=O)=O. The molecule has 1 fully saturated rings. The van der Waals surface area contributed by atoms with E-state index in [-0.39, 0.29) is 11.8 Å². The lowest BCUT2D eigenvalue weighted by molar-refractivity contribution is -0.126. The maximum absolute atomic E-state index is 11.1. The fraction of sp³-hybridized carbons (Fsp3) is 0.833. The van der Waals surface area contributed by atoms with Crippen LogP contribution >= 0.6 is 0 Å². The van der Waals surface area contributed by atoms with Gasteiger partial charge in [-0.2, -0.15) is 0 Å². The van der Waals surface area contributed by atoms with Gasteiger partial charge < -0.3 is 0 Å². The fourth-order valence-electron chi connectivity index (χ4n) is 0.751. The minimum atomic E-state index is -3.32. The lowest BCUT2D eigenvalue weighted by atomic mass is 10.4. The van der Waals surface area contributed by atoms with Crippen LogP contribution in [0.3, 0.4) is 0 Å². The Bertz CT molecular complexity index is 266. The van der Waals surface area contributed by atoms with Crippen molar-refractivity contribution in [1.29, 1.82) is 0 Å². The quantitative estimate of drug-likeness (QED) is 0.587. The van der Waals surface area contributed by atoms with E-state index in [0.717, 1.165) is 23.4 Å². The number of amides is 1. The molecule has 0 spiro atoms. The first kappa shape index (κ1) is 8.52. The minimum absolute atomic E-state index is 0.0327. The van der Waals surface area contributed by atoms with Crippen LogP contribution in [-0.4, -0.2) is 31.9 Å². The van der Waals surface area contributed by atoms with Crippen molar-refractivity contribution in [2.75, 3.05) is 13.3 Å². The average molecular weight is 177 g/mol. The highest BCUT2D eigenvalue weighted by Crippen LogP contribution is 2.31. The maximum Gasteiger partial charge on any atom is 0.238 e. The molecule has 0 saturated heterocycles. The zero-order valence-electron chi connectivity index (χ0n) is 6.57. The molecule has 1 aliphatic rings. The molecule has 0 bridgehead atoms. The molecule has 0 aliphatic heterocycles. The molecule has 0 aromatic carbocycles. The van der Waals surface area contributed by atoms with Gasteiger partial charge in [0, 0.05) is 13.0 Å². The van der Waals surface area contributed by atoms with Crippen LogP contribution in [0.2, 0.25) is 0 Å². The van der Waals surface area contributed by atoms with Crippen molar-refractivity contribution in [3.63, 3.8) is 0 Å². The van der Waals surface area contributed by atoms with Gasteiger partial charge in [0.25, 0.3) is 0 Å². The Morgan fingerprint density at radius 2 is 1.91 bits per heavy atom. The van der Waals surface area contributed by atoms with Gasteiger partial charge in [-0.05, 0) is 12.8 Å². The number of rotatable bonds is 2. The smallest absolute Gasteiger partial charge is 0.238 e. The molecule has 0 aromatic heterocycles. The zero-order valence-corrected chi connectivity index (χ0v) is 7.39. The topological polar surface area (TPSA) is 54.5 Å². The Labute approximate surface area is 66.2 Å². The Balaban J connectivity index is 2.67. The van der Waals surface area contributed by atoms with Crippen LogP contribution in [0, 0.1) is 5.92 Å². The summed E-state index contributed by atoms with van der Waals surface area (Å²) in [6, 6.07) is 0. The Hall–Kier alpha value is -0.580. The number of hydrogen-bond donors (Lipinski definition) is 0. The van der Waals surface area contributed by atoms with E-state index in [0.29, 0.717) is 0 Å². The summed E-state index contributed by atoms with van der Waals surface area (Å²) in [5.74, 6) is -0.303. The third-order valence-corrected chi connectivity index (χ3v) is 2.91. The average Bonchev–Trinajstić information content (AvgIpc) is 2.63. The first-order chi connectivity index (χ1) is 4.93. The summed E-state index contributed by atoms with van der Waals surface area (Å²) in [5, 5.41) is 0. The molecule has 0 aromatic rings. The fourth-order valence-corrected chi connectivity index (χ4v) is 1.23. The van der Waals surface area contributed by atoms with Crippen LogP contribution in [0.4, 0.5) is 0 Å². The largest absolute Gasteiger partial charge is 0.274 e. The van der Waals surface area contributed by atoms with Crippen molar-refractivity contribution in [2.45, 2.75) is 12.8 Å². The molecule has 1 amide bonds. The van der Waals surface area contributed by atoms with Gasteiger partial charge in [0.1, 0.15) is 0 Å². The molecule has 0 N–H and O–H groups in total. The second-order valence-electron chi connectivity index (χ2n) is 2.84. The molecule has 0 heterocycles. The van der Waals surface area contributed by atoms with Crippen molar-refractivity contribution in [3.05, 3.63) is 0 Å². The molecule has 0 unspecified atom stereocenters. The van der Waals surface area contributed by atoms with E-state index < -0.39 is 10.0 Å². The monoisotopic (exact) mass is 177 g/mol. The van der Waals surface area contributed by atoms with E-state index in [1.165, 1.54) is 7.05 Å². The molecule has 1 aliphatic carbocycles. The molecule has 5 heteroatoms. The van der Waals surface area contributed by atoms with Gasteiger partial charge in [0.05, 0.1) is 6.26 Å². The molecule has 11 heavy (non-hydrogen) atoms. The molecule has 1 rings (SSSR count). The van der Waals surface area contributed by atoms with Crippen LogP contribution in [-0.2, 0) is 14.8 Å². The summed E-state index contributed by atoms with van der Waals surface area (Å²) in [5.41, 5.74) is 0. The summed E-state index contributed by atoms with van der Waals surface area (Å²) in [7, 11) is -2.02. The number of hydrogen-bond acceptors (Lipinski definition) is 3. The second kappa shape index (κ2) is 2.48. The molecular formula is C6H11NO3S. The lowest BCUT2D eigenvalue weighted by Crippen LogP contribution is -2.33. The van der Waals surface area contributed by atoms with Gasteiger partial charge in [0.15, 0.2) is 0 Å². The van der Waals surface area contributed by atoms with E-state index in [2.05, 4.69) is 0 Å². The number of carbonyl (C=O) groups excluding carboxylic acids is 1. The first-order valence-corrected chi connectivity index (χ1v) is 5.25. The Morgan fingerprint density at radius 3 is 2.18 bits per heavy atom. The zero-order chi connectivity index (χ0) is 8.65. The van der Waals surface area contributed by atoms with Gasteiger partial charge in [-0.3, -0.25) is 4.79 Å². The first-order valence-electron chi connectivity index (χ1n) is 3.40. The summed E-state index contributed by atoms with van der Waals surface area (Å²) in [6.45, 7) is 0. The summed E-state index contributed by atoms with van der Waals surface area (Å²) >= 11 is 0. The molecule has 4 nitrogen and oxygen atoms in total. The van der Waals surface area contributed by atoms with Crippen molar-refractivity contribution < 1.29 is 13.2 Å². The van der Waals surface area contributed by atoms with E-state index >= 15 is 0 Å². The summed E-state index contributed by atoms with van der Waals surface area (Å²) < 4.78 is 22.4. The van der Waals surface area contributed by atoms with Gasteiger partial charge in [-0.1, -0.05) is 0 Å². The Morgan fingerprint density at radius 1 is 1.45 bits per heavy atom. The molecule has 0 radical (unpaired) electrons. The minimum Gasteiger partial charge on any atom is -0.274 e. The van der Waals surface area contributed by atoms with E-state index in [9.17, 15) is 13.2 Å². The van der Waals surface area contributed by atoms with E-state index in [1.807, 2.05) is 0 Å². The van der Waals surface area contributed by atoms with Gasteiger partial charge in [-0.25, -0.2) is 12.7 Å². The number of carbonyl (C=O) groups is 1. The Kier molecular flexibility index (Phi) is 1.92. The highest BCUT2D eigenvalue weighted by molar-refractivity contribution is 7.88. The summed E-state index contributed by atoms with van der Waals surface area (Å²) in [4.78, 5) is 11.1. The van der Waals surface area contributed by atoms with E-state index in [1.54, 1.807) is 0 Å². The van der Waals surface area contributed by atoms with Gasteiger partial charge >= 0.3 is 0 Å². The second-order valence-corrected chi connectivity index (χ2v) is 4.86. The standard InChI is InChI=1S/C6H11NO3S/c1-7(11(2,9)10)6(8)5-3-4-5/h5H,3-4H2,1-2H3. The molecule has 1 saturated carbocycles. The third-order valence-electron chi connectivity index (χ3n) is 1.73. The molecule has 64 valence electrons. The molecule has 0 atom stereocenters. The highest BCUT2D eigenvalue weighted by Gasteiger charge is 2.34. The van der Waals surface area contributed by atoms with Crippen molar-refractivity contribution in [1.82, 2.24) is 4.31 Å². The molecular weight excluding hydrogens is 166 g/mol. The third kappa shape index (κ3) is 1.92. The van der Waals surface area contributed by atoms with Crippen LogP contribution in [0.1, 0.15) is 12.8 Å².